The van der Waals surface area contributed by atoms with Crippen LogP contribution in [-0.2, 0) is 17.8 Å². The number of hydrogen-bond donors (Lipinski definition) is 0. The molecule has 1 heterocycles. The van der Waals surface area contributed by atoms with Gasteiger partial charge in [-0.1, -0.05) is 0 Å². The number of carbonyl (C=O) groups is 1. The van der Waals surface area contributed by atoms with Crippen LogP contribution < -0.4 is 23.7 Å². The molecule has 4 rings (SSSR count). The van der Waals surface area contributed by atoms with Crippen molar-refractivity contribution < 1.29 is 28.5 Å². The quantitative estimate of drug-likeness (QED) is 0.526. The van der Waals surface area contributed by atoms with Crippen LogP contribution >= 0.6 is 12.4 Å². The molecule has 1 aliphatic carbocycles. The number of hydrogen-bond acceptors (Lipinski definition) is 7. The third-order valence-corrected chi connectivity index (χ3v) is 6.70. The standard InChI is InChI=1S/C27H34N2O6.ClH/c1-31-22-15-19-6-7-20(14-21(19)16-23(22)32-2)27(30)29-10-8-28(9-11-29)17-18-12-24(33-3)26(35-5)25(13-18)34-4;/h12-16H,6-11,17H2,1-5H3;1H. The molecule has 0 aromatic heterocycles. The van der Waals surface area contributed by atoms with E-state index in [1.54, 1.807) is 35.5 Å². The van der Waals surface area contributed by atoms with E-state index in [1.807, 2.05) is 35.2 Å². The van der Waals surface area contributed by atoms with Crippen LogP contribution in [0, 0.1) is 0 Å². The highest BCUT2D eigenvalue weighted by Gasteiger charge is 2.26. The fourth-order valence-electron chi connectivity index (χ4n) is 4.78. The molecule has 2 aromatic carbocycles. The van der Waals surface area contributed by atoms with E-state index in [0.29, 0.717) is 36.1 Å². The monoisotopic (exact) mass is 518 g/mol. The van der Waals surface area contributed by atoms with Gasteiger partial charge in [-0.2, -0.15) is 0 Å². The molecule has 1 fully saturated rings. The van der Waals surface area contributed by atoms with E-state index in [-0.39, 0.29) is 18.3 Å². The van der Waals surface area contributed by atoms with Crippen LogP contribution in [0.3, 0.4) is 0 Å². The third kappa shape index (κ3) is 5.65. The highest BCUT2D eigenvalue weighted by molar-refractivity contribution is 5.99. The zero-order chi connectivity index (χ0) is 24.9. The Bertz CT molecular complexity index is 1090. The van der Waals surface area contributed by atoms with Gasteiger partial charge in [-0.25, -0.2) is 0 Å². The predicted octanol–water partition coefficient (Wildman–Crippen LogP) is 3.83. The number of halogens is 1. The van der Waals surface area contributed by atoms with E-state index in [4.69, 9.17) is 23.7 Å². The predicted molar refractivity (Wildman–Crippen MR) is 141 cm³/mol. The van der Waals surface area contributed by atoms with Gasteiger partial charge in [0.05, 0.1) is 35.5 Å². The molecule has 1 amide bonds. The Balaban J connectivity index is 0.00000361. The van der Waals surface area contributed by atoms with Crippen molar-refractivity contribution in [3.63, 3.8) is 0 Å². The summed E-state index contributed by atoms with van der Waals surface area (Å²) in [6.07, 6.45) is 3.55. The summed E-state index contributed by atoms with van der Waals surface area (Å²) >= 11 is 0. The number of rotatable bonds is 8. The van der Waals surface area contributed by atoms with Gasteiger partial charge in [-0.15, -0.1) is 12.4 Å². The van der Waals surface area contributed by atoms with Gasteiger partial charge in [0.25, 0.3) is 0 Å². The molecule has 2 aromatic rings. The fraction of sp³-hybridized carbons (Fsp3) is 0.444. The first-order valence-electron chi connectivity index (χ1n) is 11.8. The van der Waals surface area contributed by atoms with E-state index in [2.05, 4.69) is 4.90 Å². The summed E-state index contributed by atoms with van der Waals surface area (Å²) in [5, 5.41) is 0. The normalized spacial score (nSPS) is 15.2. The lowest BCUT2D eigenvalue weighted by atomic mass is 9.91. The Morgan fingerprint density at radius 1 is 0.750 bits per heavy atom. The molecule has 8 nitrogen and oxygen atoms in total. The van der Waals surface area contributed by atoms with Crippen LogP contribution in [-0.4, -0.2) is 77.4 Å². The molecule has 0 bridgehead atoms. The van der Waals surface area contributed by atoms with Crippen LogP contribution in [0.15, 0.2) is 29.8 Å². The second-order valence-electron chi connectivity index (χ2n) is 8.68. The lowest BCUT2D eigenvalue weighted by Gasteiger charge is -2.35. The molecular formula is C27H35ClN2O6. The van der Waals surface area contributed by atoms with Gasteiger partial charge in [0.15, 0.2) is 23.0 Å². The van der Waals surface area contributed by atoms with Crippen molar-refractivity contribution in [1.82, 2.24) is 9.80 Å². The van der Waals surface area contributed by atoms with Crippen molar-refractivity contribution in [2.45, 2.75) is 19.4 Å². The summed E-state index contributed by atoms with van der Waals surface area (Å²) in [5.74, 6) is 3.41. The van der Waals surface area contributed by atoms with Gasteiger partial charge in [-0.3, -0.25) is 9.69 Å². The number of piperazine rings is 1. The number of amides is 1. The molecule has 0 unspecified atom stereocenters. The third-order valence-electron chi connectivity index (χ3n) is 6.70. The summed E-state index contributed by atoms with van der Waals surface area (Å²) in [5.41, 5.74) is 4.13. The maximum Gasteiger partial charge on any atom is 0.249 e. The Kier molecular flexibility index (Phi) is 9.34. The van der Waals surface area contributed by atoms with E-state index in [0.717, 1.165) is 54.9 Å². The van der Waals surface area contributed by atoms with Crippen LogP contribution in [0.25, 0.3) is 6.08 Å². The molecule has 0 N–H and O–H groups in total. The summed E-state index contributed by atoms with van der Waals surface area (Å²) in [6, 6.07) is 7.92. The first-order valence-corrected chi connectivity index (χ1v) is 11.8. The maximum absolute atomic E-state index is 13.3. The maximum atomic E-state index is 13.3. The zero-order valence-corrected chi connectivity index (χ0v) is 22.4. The minimum absolute atomic E-state index is 0. The van der Waals surface area contributed by atoms with Crippen LogP contribution in [0.1, 0.15) is 23.1 Å². The summed E-state index contributed by atoms with van der Waals surface area (Å²) in [4.78, 5) is 17.6. The average molecular weight is 519 g/mol. The largest absolute Gasteiger partial charge is 0.493 e. The second kappa shape index (κ2) is 12.2. The molecule has 196 valence electrons. The molecule has 0 atom stereocenters. The highest BCUT2D eigenvalue weighted by Crippen LogP contribution is 2.39. The van der Waals surface area contributed by atoms with E-state index < -0.39 is 0 Å². The molecule has 1 saturated heterocycles. The smallest absolute Gasteiger partial charge is 0.249 e. The number of ether oxygens (including phenoxy) is 5. The van der Waals surface area contributed by atoms with Gasteiger partial charge in [-0.05, 0) is 59.9 Å². The van der Waals surface area contributed by atoms with Gasteiger partial charge in [0.2, 0.25) is 11.7 Å². The number of carbonyl (C=O) groups excluding carboxylic acids is 1. The zero-order valence-electron chi connectivity index (χ0n) is 21.6. The van der Waals surface area contributed by atoms with Gasteiger partial charge >= 0.3 is 0 Å². The molecule has 9 heteroatoms. The first kappa shape index (κ1) is 27.5. The van der Waals surface area contributed by atoms with Crippen LogP contribution in [0.2, 0.25) is 0 Å². The van der Waals surface area contributed by atoms with Crippen LogP contribution in [0.5, 0.6) is 28.7 Å². The Hall–Kier alpha value is -3.10. The molecule has 0 saturated carbocycles. The van der Waals surface area contributed by atoms with Gasteiger partial charge in [0.1, 0.15) is 0 Å². The Labute approximate surface area is 219 Å². The first-order chi connectivity index (χ1) is 17.0. The molecule has 1 aliphatic heterocycles. The SMILES string of the molecule is COc1cc2c(cc1OC)CCC(C(=O)N1CCN(Cc3cc(OC)c(OC)c(OC)c3)CC1)=C2.Cl. The van der Waals surface area contributed by atoms with Gasteiger partial charge < -0.3 is 28.6 Å². The molecule has 36 heavy (non-hydrogen) atoms. The number of nitrogens with zero attached hydrogens (tertiary/aromatic N) is 2. The molecular weight excluding hydrogens is 484 g/mol. The van der Waals surface area contributed by atoms with E-state index in [9.17, 15) is 4.79 Å². The van der Waals surface area contributed by atoms with Crippen molar-refractivity contribution in [3.05, 3.63) is 46.5 Å². The molecule has 0 radical (unpaired) electrons. The topological polar surface area (TPSA) is 69.7 Å². The van der Waals surface area contributed by atoms with Crippen molar-refractivity contribution >= 4 is 24.4 Å². The van der Waals surface area contributed by atoms with Crippen molar-refractivity contribution in [3.8, 4) is 28.7 Å². The number of methoxy groups -OCH3 is 5. The number of fused-ring (bicyclic) bond motifs is 1. The molecule has 0 spiro atoms. The lowest BCUT2D eigenvalue weighted by molar-refractivity contribution is -0.129. The van der Waals surface area contributed by atoms with Crippen LogP contribution in [0.4, 0.5) is 0 Å². The van der Waals surface area contributed by atoms with E-state index >= 15 is 0 Å². The lowest BCUT2D eigenvalue weighted by Crippen LogP contribution is -2.48. The Morgan fingerprint density at radius 2 is 1.33 bits per heavy atom. The summed E-state index contributed by atoms with van der Waals surface area (Å²) in [6.45, 7) is 3.74. The highest BCUT2D eigenvalue weighted by atomic mass is 35.5. The average Bonchev–Trinajstić information content (AvgIpc) is 2.91. The summed E-state index contributed by atoms with van der Waals surface area (Å²) < 4.78 is 27.2. The molecule has 2 aliphatic rings. The number of aryl methyl sites for hydroxylation is 1. The second-order valence-corrected chi connectivity index (χ2v) is 8.68. The minimum atomic E-state index is 0. The summed E-state index contributed by atoms with van der Waals surface area (Å²) in [7, 11) is 8.11. The van der Waals surface area contributed by atoms with E-state index in [1.165, 1.54) is 5.56 Å². The Morgan fingerprint density at radius 3 is 1.89 bits per heavy atom. The minimum Gasteiger partial charge on any atom is -0.493 e. The van der Waals surface area contributed by atoms with Crippen molar-refractivity contribution in [2.75, 3.05) is 61.7 Å². The number of benzene rings is 2. The van der Waals surface area contributed by atoms with Crippen molar-refractivity contribution in [2.24, 2.45) is 0 Å². The van der Waals surface area contributed by atoms with Gasteiger partial charge in [0, 0.05) is 38.3 Å². The fourth-order valence-corrected chi connectivity index (χ4v) is 4.78. The van der Waals surface area contributed by atoms with Crippen molar-refractivity contribution in [1.29, 1.82) is 0 Å².